The Morgan fingerprint density at radius 2 is 2.20 bits per heavy atom. The van der Waals surface area contributed by atoms with Crippen LogP contribution in [0.5, 0.6) is 0 Å². The van der Waals surface area contributed by atoms with Crippen LogP contribution in [0.1, 0.15) is 13.3 Å². The van der Waals surface area contributed by atoms with Gasteiger partial charge in [-0.2, -0.15) is 0 Å². The SMILES string of the molecule is COCC(=O)N1CCC(SC2=C(C(=O)O)N3C(=O)C(C(C)O)[C@H]3S2)C1. The summed E-state index contributed by atoms with van der Waals surface area (Å²) in [6, 6.07) is 0. The van der Waals surface area contributed by atoms with Gasteiger partial charge < -0.3 is 19.8 Å². The van der Waals surface area contributed by atoms with Crippen molar-refractivity contribution in [1.29, 1.82) is 0 Å². The van der Waals surface area contributed by atoms with E-state index in [4.69, 9.17) is 4.74 Å². The topological polar surface area (TPSA) is 107 Å². The molecule has 3 aliphatic heterocycles. The van der Waals surface area contributed by atoms with Crippen molar-refractivity contribution in [2.45, 2.75) is 30.1 Å². The second-order valence-electron chi connectivity index (χ2n) is 6.23. The summed E-state index contributed by atoms with van der Waals surface area (Å²) in [5.74, 6) is -2.13. The first-order chi connectivity index (χ1) is 11.8. The molecule has 2 amide bonds. The smallest absolute Gasteiger partial charge is 0.354 e. The van der Waals surface area contributed by atoms with E-state index >= 15 is 0 Å². The van der Waals surface area contributed by atoms with Gasteiger partial charge in [-0.15, -0.1) is 11.8 Å². The van der Waals surface area contributed by atoms with Gasteiger partial charge in [0.2, 0.25) is 11.8 Å². The fourth-order valence-corrected chi connectivity index (χ4v) is 6.58. The number of aliphatic carboxylic acids is 1. The zero-order chi connectivity index (χ0) is 18.3. The van der Waals surface area contributed by atoms with Gasteiger partial charge in [-0.05, 0) is 13.3 Å². The van der Waals surface area contributed by atoms with Crippen molar-refractivity contribution in [3.05, 3.63) is 9.93 Å². The van der Waals surface area contributed by atoms with Gasteiger partial charge in [0.1, 0.15) is 12.0 Å². The van der Waals surface area contributed by atoms with Gasteiger partial charge in [0.25, 0.3) is 0 Å². The lowest BCUT2D eigenvalue weighted by atomic mass is 9.92. The zero-order valence-electron chi connectivity index (χ0n) is 13.9. The number of ether oxygens (including phenoxy) is 1. The minimum absolute atomic E-state index is 0.00330. The third-order valence-electron chi connectivity index (χ3n) is 4.51. The Morgan fingerprint density at radius 3 is 2.80 bits per heavy atom. The van der Waals surface area contributed by atoms with Crippen LogP contribution >= 0.6 is 23.5 Å². The van der Waals surface area contributed by atoms with Crippen LogP contribution < -0.4 is 0 Å². The van der Waals surface area contributed by atoms with Crippen molar-refractivity contribution in [3.63, 3.8) is 0 Å². The first-order valence-corrected chi connectivity index (χ1v) is 9.69. The number of amides is 2. The van der Waals surface area contributed by atoms with Crippen LogP contribution in [0.15, 0.2) is 9.93 Å². The highest BCUT2D eigenvalue weighted by Crippen LogP contribution is 2.55. The second kappa shape index (κ2) is 7.18. The molecule has 4 atom stereocenters. The minimum Gasteiger partial charge on any atom is -0.477 e. The Morgan fingerprint density at radius 1 is 1.48 bits per heavy atom. The van der Waals surface area contributed by atoms with Crippen LogP contribution in [0.2, 0.25) is 0 Å². The second-order valence-corrected chi connectivity index (χ2v) is 8.92. The summed E-state index contributed by atoms with van der Waals surface area (Å²) in [6.07, 6.45) is -0.0514. The van der Waals surface area contributed by atoms with Gasteiger partial charge in [-0.1, -0.05) is 11.8 Å². The Balaban J connectivity index is 1.69. The van der Waals surface area contributed by atoms with Gasteiger partial charge in [-0.3, -0.25) is 14.5 Å². The first-order valence-electron chi connectivity index (χ1n) is 7.93. The summed E-state index contributed by atoms with van der Waals surface area (Å²) in [4.78, 5) is 38.7. The maximum atomic E-state index is 12.2. The molecule has 0 spiro atoms. The third kappa shape index (κ3) is 3.27. The van der Waals surface area contributed by atoms with E-state index in [9.17, 15) is 24.6 Å². The van der Waals surface area contributed by atoms with Crippen molar-refractivity contribution in [2.75, 3.05) is 26.8 Å². The molecule has 0 bridgehead atoms. The highest BCUT2D eigenvalue weighted by atomic mass is 32.2. The molecule has 3 heterocycles. The van der Waals surface area contributed by atoms with Crippen molar-refractivity contribution in [1.82, 2.24) is 9.80 Å². The number of hydrogen-bond acceptors (Lipinski definition) is 7. The quantitative estimate of drug-likeness (QED) is 0.619. The van der Waals surface area contributed by atoms with E-state index in [0.29, 0.717) is 17.3 Å². The van der Waals surface area contributed by atoms with E-state index in [0.717, 1.165) is 6.42 Å². The van der Waals surface area contributed by atoms with E-state index in [1.807, 2.05) is 0 Å². The molecular formula is C15H20N2O6S2. The summed E-state index contributed by atoms with van der Waals surface area (Å²) in [5.41, 5.74) is 0.00330. The molecule has 2 fully saturated rings. The number of hydrogen-bond donors (Lipinski definition) is 2. The summed E-state index contributed by atoms with van der Waals surface area (Å²) < 4.78 is 5.44. The number of carboxylic acids is 1. The van der Waals surface area contributed by atoms with E-state index in [-0.39, 0.29) is 34.7 Å². The van der Waals surface area contributed by atoms with Gasteiger partial charge in [-0.25, -0.2) is 4.79 Å². The van der Waals surface area contributed by atoms with Crippen molar-refractivity contribution in [2.24, 2.45) is 5.92 Å². The lowest BCUT2D eigenvalue weighted by molar-refractivity contribution is -0.156. The summed E-state index contributed by atoms with van der Waals surface area (Å²) in [7, 11) is 1.47. The molecule has 3 rings (SSSR count). The van der Waals surface area contributed by atoms with Crippen molar-refractivity contribution in [3.8, 4) is 0 Å². The standard InChI is InChI=1S/C15H20N2O6S2/c1-7(18)10-12(20)17-11(14(21)22)15(25-13(10)17)24-8-3-4-16(5-8)9(19)6-23-2/h7-8,10,13,18H,3-6H2,1-2H3,(H,21,22)/t7?,8?,10?,13-/m1/s1. The summed E-state index contributed by atoms with van der Waals surface area (Å²) in [5, 5.41) is 19.0. The van der Waals surface area contributed by atoms with Gasteiger partial charge >= 0.3 is 5.97 Å². The lowest BCUT2D eigenvalue weighted by Crippen LogP contribution is -2.60. The van der Waals surface area contributed by atoms with E-state index < -0.39 is 18.0 Å². The molecule has 10 heteroatoms. The molecule has 0 aromatic rings. The molecule has 0 aromatic carbocycles. The van der Waals surface area contributed by atoms with E-state index in [2.05, 4.69) is 0 Å². The zero-order valence-corrected chi connectivity index (χ0v) is 15.5. The van der Waals surface area contributed by atoms with Crippen LogP contribution in [-0.4, -0.2) is 81.3 Å². The number of thioether (sulfide) groups is 2. The van der Waals surface area contributed by atoms with Gasteiger partial charge in [0.15, 0.2) is 5.70 Å². The third-order valence-corrected chi connectivity index (χ3v) is 7.36. The lowest BCUT2D eigenvalue weighted by Gasteiger charge is -2.43. The molecule has 0 saturated carbocycles. The van der Waals surface area contributed by atoms with Crippen LogP contribution in [0.3, 0.4) is 0 Å². The van der Waals surface area contributed by atoms with Gasteiger partial charge in [0, 0.05) is 25.4 Å². The van der Waals surface area contributed by atoms with Crippen molar-refractivity contribution < 1.29 is 29.3 Å². The van der Waals surface area contributed by atoms with Gasteiger partial charge in [0.05, 0.1) is 16.3 Å². The molecule has 0 aliphatic carbocycles. The molecule has 2 N–H and O–H groups in total. The number of aliphatic hydroxyl groups excluding tert-OH is 1. The predicted octanol–water partition coefficient (Wildman–Crippen LogP) is 0.133. The predicted molar refractivity (Wildman–Crippen MR) is 92.5 cm³/mol. The molecule has 8 nitrogen and oxygen atoms in total. The average Bonchev–Trinajstić information content (AvgIpc) is 3.10. The largest absolute Gasteiger partial charge is 0.477 e. The minimum atomic E-state index is -1.14. The Bertz CT molecular complexity index is 638. The highest BCUT2D eigenvalue weighted by Gasteiger charge is 2.58. The number of likely N-dealkylation sites (tertiary alicyclic amines) is 1. The fourth-order valence-electron chi connectivity index (χ4n) is 3.25. The Kier molecular flexibility index (Phi) is 5.33. The molecule has 0 aromatic heterocycles. The molecule has 3 unspecified atom stereocenters. The van der Waals surface area contributed by atoms with Crippen LogP contribution in [0.25, 0.3) is 0 Å². The number of β-lactam (4-membered cyclic amide) rings is 1. The normalized spacial score (nSPS) is 29.7. The van der Waals surface area contributed by atoms with Crippen LogP contribution in [0.4, 0.5) is 0 Å². The maximum Gasteiger partial charge on any atom is 0.354 e. The number of rotatable bonds is 6. The number of aliphatic hydroxyl groups is 1. The molecule has 138 valence electrons. The number of carbonyl (C=O) groups excluding carboxylic acids is 2. The van der Waals surface area contributed by atoms with Crippen LogP contribution in [0, 0.1) is 5.92 Å². The molecule has 0 radical (unpaired) electrons. The number of methoxy groups -OCH3 is 1. The highest BCUT2D eigenvalue weighted by molar-refractivity contribution is 8.23. The first kappa shape index (κ1) is 18.6. The van der Waals surface area contributed by atoms with Crippen LogP contribution in [-0.2, 0) is 19.1 Å². The van der Waals surface area contributed by atoms with Crippen molar-refractivity contribution >= 4 is 41.3 Å². The maximum absolute atomic E-state index is 12.2. The number of carboxylic acid groups (broad SMARTS) is 1. The molecule has 25 heavy (non-hydrogen) atoms. The Hall–Kier alpha value is -1.23. The number of carbonyl (C=O) groups is 3. The van der Waals surface area contributed by atoms with E-state index in [1.165, 1.54) is 35.5 Å². The number of fused-ring (bicyclic) bond motifs is 1. The monoisotopic (exact) mass is 388 g/mol. The average molecular weight is 388 g/mol. The Labute approximate surface area is 153 Å². The summed E-state index contributed by atoms with van der Waals surface area (Å²) in [6.45, 7) is 2.72. The summed E-state index contributed by atoms with van der Waals surface area (Å²) >= 11 is 2.73. The fraction of sp³-hybridized carbons (Fsp3) is 0.667. The number of nitrogens with zero attached hydrogens (tertiary/aromatic N) is 2. The van der Waals surface area contributed by atoms with E-state index in [1.54, 1.807) is 11.8 Å². The molecule has 3 aliphatic rings. The molecular weight excluding hydrogens is 368 g/mol. The molecule has 2 saturated heterocycles.